The number of allylic oxidation sites excluding steroid dienone is 1. The number of carbonyl (C=O) groups excluding carboxylic acids is 3. The molecule has 14 rings (SSSR count). The van der Waals surface area contributed by atoms with Crippen molar-refractivity contribution in [2.45, 2.75) is 151 Å². The maximum Gasteiger partial charge on any atom is 0.318 e. The summed E-state index contributed by atoms with van der Waals surface area (Å²) >= 11 is 0. The number of Topliss-reactive ketones (excluding diaryl/α,β-unsaturated/α-hetero) is 1. The number of benzene rings is 4. The van der Waals surface area contributed by atoms with Crippen LogP contribution in [0.15, 0.2) is 103 Å². The van der Waals surface area contributed by atoms with Gasteiger partial charge in [-0.1, -0.05) is 60.7 Å². The molecule has 11 N–H and O–H groups in total. The number of rotatable bonds is 13. The number of aliphatic hydroxyl groups is 5. The third-order valence-corrected chi connectivity index (χ3v) is 23.0. The highest BCUT2D eigenvalue weighted by Crippen LogP contribution is 2.72. The molecule has 0 unspecified atom stereocenters. The molecular weight excluding hydrogens is 1180 g/mol. The molecule has 7 aromatic rings. The number of cyclic esters (lactones) is 1. The summed E-state index contributed by atoms with van der Waals surface area (Å²) in [5.41, 5.74) is 6.99. The van der Waals surface area contributed by atoms with E-state index >= 15 is 9.59 Å². The van der Waals surface area contributed by atoms with E-state index in [4.69, 9.17) is 14.2 Å². The Kier molecular flexibility index (Phi) is 17.1. The number of hydrogen-bond acceptors (Lipinski definition) is 15. The Labute approximate surface area is 540 Å². The minimum Gasteiger partial charge on any atom is -0.508 e. The van der Waals surface area contributed by atoms with E-state index in [1.165, 1.54) is 25.5 Å². The first-order valence-electron chi connectivity index (χ1n) is 33.4. The number of aromatic nitrogens is 3. The molecule has 0 radical (unpaired) electrons. The first-order valence-corrected chi connectivity index (χ1v) is 33.4. The molecule has 4 aromatic carbocycles. The Hall–Kier alpha value is -7.89. The number of methoxy groups -OCH3 is 1. The van der Waals surface area contributed by atoms with Crippen molar-refractivity contribution in [1.82, 2.24) is 19.9 Å². The number of hydrogen-bond donors (Lipinski definition) is 11. The molecule has 2 spiro atoms. The molecule has 488 valence electrons. The molecular formula is C75H84N4O14. The topological polar surface area (TPSA) is 289 Å². The van der Waals surface area contributed by atoms with Gasteiger partial charge in [-0.25, -0.2) is 0 Å². The van der Waals surface area contributed by atoms with Crippen molar-refractivity contribution >= 4 is 45.5 Å². The summed E-state index contributed by atoms with van der Waals surface area (Å²) in [6.45, 7) is -0.492. The molecule has 5 fully saturated rings. The summed E-state index contributed by atoms with van der Waals surface area (Å²) in [7, 11) is 1.50. The van der Waals surface area contributed by atoms with Gasteiger partial charge in [-0.2, -0.15) is 0 Å². The molecule has 3 aromatic heterocycles. The normalized spacial score (nSPS) is 31.3. The number of ketones is 1. The summed E-state index contributed by atoms with van der Waals surface area (Å²) in [6.07, 6.45) is 6.86. The lowest BCUT2D eigenvalue weighted by atomic mass is 9.45. The van der Waals surface area contributed by atoms with E-state index in [2.05, 4.69) is 49.9 Å². The van der Waals surface area contributed by atoms with Crippen molar-refractivity contribution < 1.29 is 69.4 Å². The standard InChI is InChI=1S/C75H84N4O14/c1-91-66-36-52-51(35-65(66)89)54-30-44-38-74(40-75(55(14-8-24-80)57(74)39-82)69(31-43-10-7-16-63(87)72(43)78-75)79-60-22-23-76-59(60)37-61(79)42-9-6-11-45(83)29-42)56-33-46(84)19-20-50(56)71(44)53(52)32-47(85)34-68(64(88)27-41-18-21-62(86)67(28-41)92-26-25-81)93-70(90)17-5-3-13-49-48-12-2-4-15-58(48)77-73(49)54/h2,4,6,9,11-12,15,18,21-23,28-30,35-37,39,43-44,46,50,53,55-57,63-64,68-69,71-72,76-78,80-81,83-84,86-89H,7-8,10,13-14,16-17,19-20,24-27,31-34,38,40H2,1H3/t43-,44-,46+,50-,53+,55+,56+,57+,63+,64+,68-,69+,71+,72+,74+,75-/m0/s1. The van der Waals surface area contributed by atoms with Gasteiger partial charge in [0.2, 0.25) is 0 Å². The molecule has 7 aliphatic rings. The highest BCUT2D eigenvalue weighted by atomic mass is 16.6. The summed E-state index contributed by atoms with van der Waals surface area (Å²) in [5, 5.41) is 96.4. The smallest absolute Gasteiger partial charge is 0.318 e. The Morgan fingerprint density at radius 3 is 2.54 bits per heavy atom. The van der Waals surface area contributed by atoms with Crippen LogP contribution in [0.1, 0.15) is 130 Å². The lowest BCUT2D eigenvalue weighted by molar-refractivity contribution is -0.155. The molecule has 18 heteroatoms. The number of aldehydes is 1. The van der Waals surface area contributed by atoms with Crippen LogP contribution >= 0.6 is 0 Å². The first kappa shape index (κ1) is 62.6. The summed E-state index contributed by atoms with van der Waals surface area (Å²) in [5.74, 6) is 2.61. The average molecular weight is 1270 g/mol. The van der Waals surface area contributed by atoms with Crippen LogP contribution in [0.2, 0.25) is 0 Å². The van der Waals surface area contributed by atoms with Crippen LogP contribution < -0.4 is 14.8 Å². The second-order valence-corrected chi connectivity index (χ2v) is 27.8. The molecule has 1 saturated heterocycles. The minimum atomic E-state index is -1.42. The number of fused-ring (bicyclic) bond motifs is 11. The van der Waals surface area contributed by atoms with Crippen molar-refractivity contribution in [1.29, 1.82) is 0 Å². The van der Waals surface area contributed by atoms with Gasteiger partial charge in [-0.3, -0.25) is 9.59 Å². The first-order chi connectivity index (χ1) is 45.1. The van der Waals surface area contributed by atoms with E-state index in [-0.39, 0.29) is 128 Å². The van der Waals surface area contributed by atoms with Gasteiger partial charge in [0.05, 0.1) is 60.5 Å². The predicted octanol–water partition coefficient (Wildman–Crippen LogP) is 9.47. The summed E-state index contributed by atoms with van der Waals surface area (Å²) in [4.78, 5) is 52.3. The molecule has 2 aliphatic heterocycles. The van der Waals surface area contributed by atoms with Crippen molar-refractivity contribution in [2.24, 2.45) is 46.8 Å². The maximum absolute atomic E-state index is 15.7. The van der Waals surface area contributed by atoms with E-state index < -0.39 is 59.1 Å². The lowest BCUT2D eigenvalue weighted by Gasteiger charge is -2.59. The molecule has 2 bridgehead atoms. The van der Waals surface area contributed by atoms with Crippen molar-refractivity contribution in [3.63, 3.8) is 0 Å². The van der Waals surface area contributed by atoms with Crippen LogP contribution in [-0.4, -0.2) is 136 Å². The van der Waals surface area contributed by atoms with Gasteiger partial charge in [-0.05, 0) is 188 Å². The van der Waals surface area contributed by atoms with E-state index in [1.807, 2.05) is 48.7 Å². The maximum atomic E-state index is 15.7. The van der Waals surface area contributed by atoms with E-state index in [0.717, 1.165) is 68.4 Å². The number of H-pyrrole nitrogens is 2. The van der Waals surface area contributed by atoms with Gasteiger partial charge in [0.1, 0.15) is 37.0 Å². The number of nitrogens with one attached hydrogen (secondary N) is 3. The fourth-order valence-corrected chi connectivity index (χ4v) is 19.5. The van der Waals surface area contributed by atoms with Crippen LogP contribution in [0, 0.1) is 58.7 Å². The van der Waals surface area contributed by atoms with Crippen molar-refractivity contribution in [3.05, 3.63) is 131 Å². The number of phenols is 3. The molecule has 4 saturated carbocycles. The molecule has 5 aliphatic carbocycles. The Balaban J connectivity index is 0.970. The zero-order chi connectivity index (χ0) is 64.4. The summed E-state index contributed by atoms with van der Waals surface area (Å²) in [6, 6.07) is 27.0. The van der Waals surface area contributed by atoms with E-state index in [0.29, 0.717) is 68.9 Å². The van der Waals surface area contributed by atoms with Crippen LogP contribution in [0.25, 0.3) is 38.8 Å². The minimum absolute atomic E-state index is 0.0711. The SMILES string of the molecule is COc1cc2c(cc1O)C1=C[C@H]3C[C@@]4(C[C@]5(N[C@@H]6[C@@H](CCC[C@H]6O)C[C@H]5n5c(-c6cccc(O)c6)cc6[nH]ccc65)[C@H](CCCO)[C@H]4C=O)[C@@H]4C[C@H](O)CC[C@@H]4[C@@H]3[C@@H]2CC(=O)C[C@@H]([C@H](O)Cc2ccc(O)c(OCCO)c2)OC(=O)CC#CCc2c1[nH]c1ccccc21. The van der Waals surface area contributed by atoms with Crippen molar-refractivity contribution in [3.8, 4) is 51.8 Å². The number of aromatic amines is 2. The van der Waals surface area contributed by atoms with Gasteiger partial charge in [0.15, 0.2) is 23.0 Å². The zero-order valence-electron chi connectivity index (χ0n) is 52.4. The van der Waals surface area contributed by atoms with E-state index in [9.17, 15) is 45.6 Å². The third kappa shape index (κ3) is 11.1. The second kappa shape index (κ2) is 25.4. The Morgan fingerprint density at radius 1 is 0.871 bits per heavy atom. The highest BCUT2D eigenvalue weighted by Gasteiger charge is 2.71. The summed E-state index contributed by atoms with van der Waals surface area (Å²) < 4.78 is 20.1. The van der Waals surface area contributed by atoms with Crippen LogP contribution in [-0.2, 0) is 32.0 Å². The molecule has 93 heavy (non-hydrogen) atoms. The number of ether oxygens (including phenoxy) is 3. The number of piperidine rings is 1. The second-order valence-electron chi connectivity index (χ2n) is 27.8. The van der Waals surface area contributed by atoms with Crippen LogP contribution in [0.3, 0.4) is 0 Å². The quantitative estimate of drug-likeness (QED) is 0.0291. The number of nitrogens with zero attached hydrogens (tertiary/aromatic N) is 1. The number of para-hydroxylation sites is 1. The van der Waals surface area contributed by atoms with Crippen molar-refractivity contribution in [2.75, 3.05) is 26.9 Å². The molecule has 16 atom stereocenters. The van der Waals surface area contributed by atoms with Gasteiger partial charge < -0.3 is 79.7 Å². The number of carbonyl (C=O) groups is 3. The molecule has 0 amide bonds. The number of aliphatic hydroxyl groups excluding tert-OH is 5. The predicted molar refractivity (Wildman–Crippen MR) is 348 cm³/mol. The number of phenolic OH excluding ortho intramolecular Hbond substituents is 3. The zero-order valence-corrected chi connectivity index (χ0v) is 52.4. The number of aromatic hydroxyl groups is 3. The highest BCUT2D eigenvalue weighted by molar-refractivity contribution is 5.95. The lowest BCUT2D eigenvalue weighted by Crippen LogP contribution is -2.68. The van der Waals surface area contributed by atoms with Gasteiger partial charge in [-0.15, -0.1) is 0 Å². The van der Waals surface area contributed by atoms with Gasteiger partial charge >= 0.3 is 5.97 Å². The van der Waals surface area contributed by atoms with Crippen LogP contribution in [0.4, 0.5) is 0 Å². The Bertz CT molecular complexity index is 4080. The average Bonchev–Trinajstić information content (AvgIpc) is 1.53. The monoisotopic (exact) mass is 1260 g/mol. The fraction of sp³-hybridized carbons (Fsp3) is 0.480. The third-order valence-electron chi connectivity index (χ3n) is 23.0. The Morgan fingerprint density at radius 2 is 1.72 bits per heavy atom. The van der Waals surface area contributed by atoms with E-state index in [1.54, 1.807) is 24.3 Å². The van der Waals surface area contributed by atoms with Crippen LogP contribution in [0.5, 0.6) is 28.7 Å². The van der Waals surface area contributed by atoms with Gasteiger partial charge in [0.25, 0.3) is 0 Å². The fourth-order valence-electron chi connectivity index (χ4n) is 19.5. The largest absolute Gasteiger partial charge is 0.508 e. The molecule has 5 heterocycles. The number of esters is 1. The van der Waals surface area contributed by atoms with Gasteiger partial charge in [0, 0.05) is 78.0 Å². The molecule has 18 nitrogen and oxygen atoms in total.